The number of thiophene rings is 1. The van der Waals surface area contributed by atoms with E-state index in [0.29, 0.717) is 0 Å². The van der Waals surface area contributed by atoms with Gasteiger partial charge in [-0.25, -0.2) is 0 Å². The Bertz CT molecular complexity index is 1420. The van der Waals surface area contributed by atoms with Crippen LogP contribution in [0.5, 0.6) is 0 Å². The van der Waals surface area contributed by atoms with Crippen LogP contribution in [0.2, 0.25) is 0 Å². The molecule has 26 heavy (non-hydrogen) atoms. The van der Waals surface area contributed by atoms with Crippen molar-refractivity contribution in [3.05, 3.63) is 91.0 Å². The first-order valence-corrected chi connectivity index (χ1v) is 9.62. The molecule has 2 heteroatoms. The summed E-state index contributed by atoms with van der Waals surface area (Å²) in [5.74, 6) is 0. The molecule has 6 aromatic rings. The van der Waals surface area contributed by atoms with Gasteiger partial charge in [-0.1, -0.05) is 54.6 Å². The fourth-order valence-corrected chi connectivity index (χ4v) is 5.16. The molecule has 0 fully saturated rings. The normalized spacial score (nSPS) is 11.8. The van der Waals surface area contributed by atoms with E-state index in [9.17, 15) is 0 Å². The molecule has 2 heterocycles. The number of hydrogen-bond acceptors (Lipinski definition) is 1. The summed E-state index contributed by atoms with van der Waals surface area (Å²) in [6, 6.07) is 32.8. The van der Waals surface area contributed by atoms with Crippen molar-refractivity contribution in [3.8, 4) is 5.69 Å². The molecule has 1 nitrogen and oxygen atoms in total. The summed E-state index contributed by atoms with van der Waals surface area (Å²) in [7, 11) is 0. The fourth-order valence-electron chi connectivity index (χ4n) is 4.04. The van der Waals surface area contributed by atoms with Crippen molar-refractivity contribution in [3.63, 3.8) is 0 Å². The molecule has 4 aromatic carbocycles. The Kier molecular flexibility index (Phi) is 2.82. The Morgan fingerprint density at radius 2 is 1.23 bits per heavy atom. The minimum absolute atomic E-state index is 1.21. The number of nitrogens with zero attached hydrogens (tertiary/aromatic N) is 1. The third-order valence-electron chi connectivity index (χ3n) is 5.19. The smallest absolute Gasteiger partial charge is 0.0555 e. The van der Waals surface area contributed by atoms with Gasteiger partial charge in [-0.3, -0.25) is 0 Å². The van der Waals surface area contributed by atoms with Crippen LogP contribution in [0.25, 0.3) is 47.7 Å². The molecule has 0 spiro atoms. The molecular weight excluding hydrogens is 334 g/mol. The fraction of sp³-hybridized carbons (Fsp3) is 0. The molecule has 6 rings (SSSR count). The van der Waals surface area contributed by atoms with Gasteiger partial charge in [-0.2, -0.15) is 0 Å². The topological polar surface area (TPSA) is 4.93 Å². The van der Waals surface area contributed by atoms with Crippen molar-refractivity contribution in [1.82, 2.24) is 4.57 Å². The van der Waals surface area contributed by atoms with Gasteiger partial charge >= 0.3 is 0 Å². The molecule has 2 aromatic heterocycles. The van der Waals surface area contributed by atoms with E-state index in [0.717, 1.165) is 0 Å². The molecular formula is C24H15NS. The van der Waals surface area contributed by atoms with Gasteiger partial charge in [0.2, 0.25) is 0 Å². The van der Waals surface area contributed by atoms with Crippen LogP contribution in [0.3, 0.4) is 0 Å². The highest BCUT2D eigenvalue weighted by Crippen LogP contribution is 2.40. The van der Waals surface area contributed by atoms with Crippen molar-refractivity contribution in [2.45, 2.75) is 0 Å². The zero-order valence-electron chi connectivity index (χ0n) is 14.0. The molecule has 0 aliphatic carbocycles. The van der Waals surface area contributed by atoms with Crippen LogP contribution < -0.4 is 0 Å². The molecule has 0 saturated heterocycles. The summed E-state index contributed by atoms with van der Waals surface area (Å²) >= 11 is 1.88. The van der Waals surface area contributed by atoms with Gasteiger partial charge in [0.05, 0.1) is 11.0 Å². The standard InChI is InChI=1S/C24H15NS/c1-2-8-16(9-3-1)25-21-12-6-4-10-17(21)19-14-20-18-11-5-7-13-23(18)26-24(20)15-22(19)25/h1-15H. The van der Waals surface area contributed by atoms with Gasteiger partial charge < -0.3 is 4.57 Å². The van der Waals surface area contributed by atoms with Gasteiger partial charge in [0.25, 0.3) is 0 Å². The molecule has 0 radical (unpaired) electrons. The summed E-state index contributed by atoms with van der Waals surface area (Å²) in [5, 5.41) is 5.34. The molecule has 0 aliphatic heterocycles. The zero-order chi connectivity index (χ0) is 17.1. The van der Waals surface area contributed by atoms with Crippen molar-refractivity contribution in [2.24, 2.45) is 0 Å². The van der Waals surface area contributed by atoms with E-state index in [2.05, 4.69) is 95.6 Å². The molecule has 0 unspecified atom stereocenters. The van der Waals surface area contributed by atoms with Crippen molar-refractivity contribution in [1.29, 1.82) is 0 Å². The quantitative estimate of drug-likeness (QED) is 0.297. The van der Waals surface area contributed by atoms with E-state index >= 15 is 0 Å². The highest BCUT2D eigenvalue weighted by Gasteiger charge is 2.14. The van der Waals surface area contributed by atoms with Crippen LogP contribution >= 0.6 is 11.3 Å². The number of aromatic nitrogens is 1. The minimum atomic E-state index is 1.21. The van der Waals surface area contributed by atoms with Gasteiger partial charge in [-0.05, 0) is 36.4 Å². The monoisotopic (exact) mass is 349 g/mol. The number of rotatable bonds is 1. The Morgan fingerprint density at radius 3 is 2.12 bits per heavy atom. The summed E-state index contributed by atoms with van der Waals surface area (Å²) in [6.45, 7) is 0. The van der Waals surface area contributed by atoms with Gasteiger partial charge in [0.15, 0.2) is 0 Å². The highest BCUT2D eigenvalue weighted by molar-refractivity contribution is 7.25. The van der Waals surface area contributed by atoms with Crippen LogP contribution in [0, 0.1) is 0 Å². The average Bonchev–Trinajstić information content (AvgIpc) is 3.22. The van der Waals surface area contributed by atoms with Crippen molar-refractivity contribution < 1.29 is 0 Å². The van der Waals surface area contributed by atoms with E-state index in [-0.39, 0.29) is 0 Å². The van der Waals surface area contributed by atoms with E-state index in [1.54, 1.807) is 0 Å². The Labute approximate surface area is 154 Å². The van der Waals surface area contributed by atoms with Gasteiger partial charge in [0, 0.05) is 36.6 Å². The Balaban J connectivity index is 1.85. The second-order valence-electron chi connectivity index (χ2n) is 6.65. The zero-order valence-corrected chi connectivity index (χ0v) is 14.8. The van der Waals surface area contributed by atoms with Crippen molar-refractivity contribution in [2.75, 3.05) is 0 Å². The van der Waals surface area contributed by atoms with E-state index in [1.807, 2.05) is 11.3 Å². The minimum Gasteiger partial charge on any atom is -0.309 e. The Morgan fingerprint density at radius 1 is 0.500 bits per heavy atom. The first kappa shape index (κ1) is 14.1. The maximum Gasteiger partial charge on any atom is 0.0555 e. The average molecular weight is 349 g/mol. The second kappa shape index (κ2) is 5.20. The first-order valence-electron chi connectivity index (χ1n) is 8.80. The second-order valence-corrected chi connectivity index (χ2v) is 7.74. The lowest BCUT2D eigenvalue weighted by Crippen LogP contribution is -1.92. The molecule has 0 bridgehead atoms. The molecule has 0 saturated carbocycles. The first-order chi connectivity index (χ1) is 12.9. The van der Waals surface area contributed by atoms with Crippen LogP contribution in [0.4, 0.5) is 0 Å². The summed E-state index contributed by atoms with van der Waals surface area (Å²) in [6.07, 6.45) is 0. The summed E-state index contributed by atoms with van der Waals surface area (Å²) in [4.78, 5) is 0. The third-order valence-corrected chi connectivity index (χ3v) is 6.32. The lowest BCUT2D eigenvalue weighted by Gasteiger charge is -2.07. The molecule has 0 amide bonds. The number of benzene rings is 4. The molecule has 0 N–H and O–H groups in total. The number of hydrogen-bond donors (Lipinski definition) is 0. The lowest BCUT2D eigenvalue weighted by atomic mass is 10.1. The van der Waals surface area contributed by atoms with Crippen molar-refractivity contribution >= 4 is 53.3 Å². The Hall–Kier alpha value is -3.10. The predicted octanol–water partition coefficient (Wildman–Crippen LogP) is 7.15. The summed E-state index contributed by atoms with van der Waals surface area (Å²) in [5.41, 5.74) is 3.74. The van der Waals surface area contributed by atoms with Crippen LogP contribution in [-0.2, 0) is 0 Å². The summed E-state index contributed by atoms with van der Waals surface area (Å²) < 4.78 is 5.08. The maximum absolute atomic E-state index is 2.38. The molecule has 122 valence electrons. The van der Waals surface area contributed by atoms with Gasteiger partial charge in [0.1, 0.15) is 0 Å². The highest BCUT2D eigenvalue weighted by atomic mass is 32.1. The maximum atomic E-state index is 2.38. The molecule has 0 atom stereocenters. The van der Waals surface area contributed by atoms with Crippen LogP contribution in [-0.4, -0.2) is 4.57 Å². The largest absolute Gasteiger partial charge is 0.309 e. The van der Waals surface area contributed by atoms with E-state index in [1.165, 1.54) is 47.7 Å². The molecule has 0 aliphatic rings. The number of para-hydroxylation sites is 2. The predicted molar refractivity (Wildman–Crippen MR) is 114 cm³/mol. The van der Waals surface area contributed by atoms with E-state index < -0.39 is 0 Å². The van der Waals surface area contributed by atoms with Gasteiger partial charge in [-0.15, -0.1) is 11.3 Å². The third kappa shape index (κ3) is 1.85. The van der Waals surface area contributed by atoms with Crippen LogP contribution in [0.15, 0.2) is 91.0 Å². The number of fused-ring (bicyclic) bond motifs is 6. The lowest BCUT2D eigenvalue weighted by molar-refractivity contribution is 1.18. The van der Waals surface area contributed by atoms with E-state index in [4.69, 9.17) is 0 Å². The van der Waals surface area contributed by atoms with Crippen LogP contribution in [0.1, 0.15) is 0 Å². The SMILES string of the molecule is c1ccc(-n2c3ccccc3c3cc4c(cc32)sc2ccccc24)cc1.